The number of anilines is 1. The van der Waals surface area contributed by atoms with Crippen molar-refractivity contribution >= 4 is 11.7 Å². The fraction of sp³-hybridized carbons (Fsp3) is 0.346. The molecule has 0 radical (unpaired) electrons. The van der Waals surface area contributed by atoms with Gasteiger partial charge in [0, 0.05) is 56.9 Å². The lowest BCUT2D eigenvalue weighted by Crippen LogP contribution is -2.52. The zero-order valence-corrected chi connectivity index (χ0v) is 18.8. The van der Waals surface area contributed by atoms with Crippen molar-refractivity contribution in [1.82, 2.24) is 20.2 Å². The first kappa shape index (κ1) is 22.0. The van der Waals surface area contributed by atoms with Gasteiger partial charge < -0.3 is 10.6 Å². The average Bonchev–Trinajstić information content (AvgIpc) is 2.85. The number of hydrogen-bond acceptors (Lipinski definition) is 5. The van der Waals surface area contributed by atoms with Gasteiger partial charge in [0.2, 0.25) is 5.91 Å². The van der Waals surface area contributed by atoms with E-state index in [9.17, 15) is 4.79 Å². The number of piperidine rings is 1. The summed E-state index contributed by atoms with van der Waals surface area (Å²) in [4.78, 5) is 24.4. The first-order chi connectivity index (χ1) is 15.6. The Morgan fingerprint density at radius 1 is 1.06 bits per heavy atom. The maximum absolute atomic E-state index is 13.3. The summed E-state index contributed by atoms with van der Waals surface area (Å²) in [6.07, 6.45) is 8.03. The summed E-state index contributed by atoms with van der Waals surface area (Å²) >= 11 is 0. The van der Waals surface area contributed by atoms with Crippen LogP contribution in [0.4, 0.5) is 5.82 Å². The number of hydrogen-bond donors (Lipinski definition) is 2. The Labute approximate surface area is 190 Å². The third kappa shape index (κ3) is 4.65. The molecule has 166 valence electrons. The number of benzene rings is 1. The Morgan fingerprint density at radius 3 is 2.66 bits per heavy atom. The third-order valence-electron chi connectivity index (χ3n) is 6.41. The number of pyridine rings is 2. The Balaban J connectivity index is 1.63. The van der Waals surface area contributed by atoms with Crippen molar-refractivity contribution in [1.29, 1.82) is 0 Å². The Hall–Kier alpha value is -3.25. The molecule has 6 heteroatoms. The number of likely N-dealkylation sites (tertiary alicyclic amines) is 1. The lowest BCUT2D eigenvalue weighted by Gasteiger charge is -2.42. The first-order valence-electron chi connectivity index (χ1n) is 11.2. The van der Waals surface area contributed by atoms with Crippen molar-refractivity contribution in [2.75, 3.05) is 32.5 Å². The minimum atomic E-state index is -0.479. The SMILES string of the molecule is CNC(=O)[C@@]1(Cc2ccccc2-c2cccnc2)CCCN(Cc2cccnc2NC)C1. The van der Waals surface area contributed by atoms with Crippen LogP contribution in [0.3, 0.4) is 0 Å². The van der Waals surface area contributed by atoms with Gasteiger partial charge in [-0.3, -0.25) is 14.7 Å². The van der Waals surface area contributed by atoms with Crippen LogP contribution in [0.1, 0.15) is 24.0 Å². The zero-order valence-electron chi connectivity index (χ0n) is 18.8. The second-order valence-electron chi connectivity index (χ2n) is 8.51. The number of carbonyl (C=O) groups excluding carboxylic acids is 1. The lowest BCUT2D eigenvalue weighted by molar-refractivity contribution is -0.134. The highest BCUT2D eigenvalue weighted by atomic mass is 16.2. The molecule has 1 saturated heterocycles. The predicted molar refractivity (Wildman–Crippen MR) is 128 cm³/mol. The standard InChI is InChI=1S/C26H31N5O/c1-27-24-22(10-6-14-30-24)18-31-15-7-12-26(19-31,25(32)28-2)16-20-8-3-4-11-23(20)21-9-5-13-29-17-21/h3-6,8-11,13-14,17H,7,12,15-16,18-19H2,1-2H3,(H,27,30)(H,28,32)/t26-/m1/s1. The van der Waals surface area contributed by atoms with E-state index in [1.54, 1.807) is 19.4 Å². The van der Waals surface area contributed by atoms with Gasteiger partial charge in [0.15, 0.2) is 0 Å². The molecule has 2 N–H and O–H groups in total. The normalized spacial score (nSPS) is 18.8. The molecule has 2 aromatic heterocycles. The van der Waals surface area contributed by atoms with Crippen molar-refractivity contribution in [3.63, 3.8) is 0 Å². The summed E-state index contributed by atoms with van der Waals surface area (Å²) < 4.78 is 0. The van der Waals surface area contributed by atoms with Crippen LogP contribution in [0, 0.1) is 5.41 Å². The number of nitrogens with one attached hydrogen (secondary N) is 2. The van der Waals surface area contributed by atoms with Crippen molar-refractivity contribution in [3.05, 3.63) is 78.2 Å². The summed E-state index contributed by atoms with van der Waals surface area (Å²) in [5.41, 5.74) is 4.08. The van der Waals surface area contributed by atoms with Gasteiger partial charge in [-0.15, -0.1) is 0 Å². The number of aromatic nitrogens is 2. The van der Waals surface area contributed by atoms with Crippen LogP contribution < -0.4 is 10.6 Å². The molecular weight excluding hydrogens is 398 g/mol. The molecule has 0 spiro atoms. The van der Waals surface area contributed by atoms with Crippen molar-refractivity contribution in [2.24, 2.45) is 5.41 Å². The van der Waals surface area contributed by atoms with Gasteiger partial charge >= 0.3 is 0 Å². The third-order valence-corrected chi connectivity index (χ3v) is 6.41. The van der Waals surface area contributed by atoms with Gasteiger partial charge in [-0.2, -0.15) is 0 Å². The molecule has 0 unspecified atom stereocenters. The zero-order chi connectivity index (χ0) is 22.4. The lowest BCUT2D eigenvalue weighted by atomic mass is 9.73. The predicted octanol–water partition coefficient (Wildman–Crippen LogP) is 3.76. The molecule has 1 amide bonds. The second kappa shape index (κ2) is 9.92. The maximum atomic E-state index is 13.3. The molecule has 32 heavy (non-hydrogen) atoms. The van der Waals surface area contributed by atoms with Crippen LogP contribution in [0.2, 0.25) is 0 Å². The van der Waals surface area contributed by atoms with E-state index in [0.29, 0.717) is 13.0 Å². The molecule has 4 rings (SSSR count). The molecule has 1 atom stereocenters. The summed E-state index contributed by atoms with van der Waals surface area (Å²) in [5, 5.41) is 6.14. The van der Waals surface area contributed by atoms with Crippen LogP contribution >= 0.6 is 0 Å². The second-order valence-corrected chi connectivity index (χ2v) is 8.51. The van der Waals surface area contributed by atoms with E-state index in [2.05, 4.69) is 55.8 Å². The Morgan fingerprint density at radius 2 is 1.88 bits per heavy atom. The number of amides is 1. The van der Waals surface area contributed by atoms with E-state index in [4.69, 9.17) is 0 Å². The molecule has 1 aromatic carbocycles. The van der Waals surface area contributed by atoms with Gasteiger partial charge in [0.05, 0.1) is 5.41 Å². The molecule has 1 aliphatic rings. The van der Waals surface area contributed by atoms with Gasteiger partial charge in [-0.05, 0) is 49.1 Å². The molecule has 0 bridgehead atoms. The highest BCUT2D eigenvalue weighted by Gasteiger charge is 2.42. The molecule has 3 aromatic rings. The summed E-state index contributed by atoms with van der Waals surface area (Å²) in [6.45, 7) is 2.46. The molecule has 0 saturated carbocycles. The van der Waals surface area contributed by atoms with Crippen LogP contribution in [0.25, 0.3) is 11.1 Å². The van der Waals surface area contributed by atoms with Crippen LogP contribution in [0.5, 0.6) is 0 Å². The van der Waals surface area contributed by atoms with Crippen molar-refractivity contribution in [3.8, 4) is 11.1 Å². The fourth-order valence-electron chi connectivity index (χ4n) is 4.91. The van der Waals surface area contributed by atoms with E-state index in [0.717, 1.165) is 48.4 Å². The highest BCUT2D eigenvalue weighted by molar-refractivity contribution is 5.83. The van der Waals surface area contributed by atoms with Crippen molar-refractivity contribution < 1.29 is 4.79 Å². The largest absolute Gasteiger partial charge is 0.373 e. The summed E-state index contributed by atoms with van der Waals surface area (Å²) in [5.74, 6) is 1.01. The van der Waals surface area contributed by atoms with Gasteiger partial charge in [-0.1, -0.05) is 36.4 Å². The Kier molecular flexibility index (Phi) is 6.81. The fourth-order valence-corrected chi connectivity index (χ4v) is 4.91. The van der Waals surface area contributed by atoms with Gasteiger partial charge in [0.1, 0.15) is 5.82 Å². The summed E-state index contributed by atoms with van der Waals surface area (Å²) in [6, 6.07) is 16.5. The van der Waals surface area contributed by atoms with E-state index in [1.807, 2.05) is 31.4 Å². The first-order valence-corrected chi connectivity index (χ1v) is 11.2. The maximum Gasteiger partial charge on any atom is 0.227 e. The summed E-state index contributed by atoms with van der Waals surface area (Å²) in [7, 11) is 3.64. The Bertz CT molecular complexity index is 1050. The van der Waals surface area contributed by atoms with Crippen LogP contribution in [-0.2, 0) is 17.8 Å². The highest BCUT2D eigenvalue weighted by Crippen LogP contribution is 2.37. The smallest absolute Gasteiger partial charge is 0.227 e. The van der Waals surface area contributed by atoms with E-state index in [1.165, 1.54) is 5.56 Å². The number of carbonyl (C=O) groups is 1. The van der Waals surface area contributed by atoms with Crippen LogP contribution in [0.15, 0.2) is 67.1 Å². The van der Waals surface area contributed by atoms with Gasteiger partial charge in [-0.25, -0.2) is 4.98 Å². The molecule has 1 fully saturated rings. The molecule has 1 aliphatic heterocycles. The average molecular weight is 430 g/mol. The molecular formula is C26H31N5O. The monoisotopic (exact) mass is 429 g/mol. The van der Waals surface area contributed by atoms with E-state index < -0.39 is 5.41 Å². The molecule has 3 heterocycles. The number of rotatable bonds is 7. The van der Waals surface area contributed by atoms with E-state index >= 15 is 0 Å². The minimum absolute atomic E-state index is 0.114. The van der Waals surface area contributed by atoms with Gasteiger partial charge in [0.25, 0.3) is 0 Å². The number of nitrogens with zero attached hydrogens (tertiary/aromatic N) is 3. The quantitative estimate of drug-likeness (QED) is 0.599. The van der Waals surface area contributed by atoms with E-state index in [-0.39, 0.29) is 5.91 Å². The topological polar surface area (TPSA) is 70.2 Å². The molecule has 0 aliphatic carbocycles. The van der Waals surface area contributed by atoms with Crippen molar-refractivity contribution in [2.45, 2.75) is 25.8 Å². The minimum Gasteiger partial charge on any atom is -0.373 e. The van der Waals surface area contributed by atoms with Crippen LogP contribution in [-0.4, -0.2) is 48.0 Å². The molecule has 6 nitrogen and oxygen atoms in total.